The topological polar surface area (TPSA) is 97.5 Å². The second kappa shape index (κ2) is 8.84. The first kappa shape index (κ1) is 21.0. The minimum Gasteiger partial charge on any atom is -0.457 e. The maximum atomic E-state index is 8.15. The lowest BCUT2D eigenvalue weighted by Gasteiger charge is -2.29. The van der Waals surface area contributed by atoms with Gasteiger partial charge in [0.15, 0.2) is 0 Å². The van der Waals surface area contributed by atoms with Gasteiger partial charge in [-0.1, -0.05) is 59.6 Å². The predicted molar refractivity (Wildman–Crippen MR) is 127 cm³/mol. The third-order valence-corrected chi connectivity index (χ3v) is 5.84. The van der Waals surface area contributed by atoms with Crippen LogP contribution >= 0.6 is 23.2 Å². The van der Waals surface area contributed by atoms with Crippen LogP contribution in [-0.4, -0.2) is 12.1 Å². The second-order valence-electron chi connectivity index (χ2n) is 7.15. The lowest BCUT2D eigenvalue weighted by Crippen LogP contribution is -2.35. The summed E-state index contributed by atoms with van der Waals surface area (Å²) in [7, 11) is 0. The van der Waals surface area contributed by atoms with Crippen LogP contribution in [0, 0.1) is 11.3 Å². The molecule has 0 bridgehead atoms. The first-order chi connectivity index (χ1) is 14.9. The molecule has 1 aliphatic rings. The van der Waals surface area contributed by atoms with Crippen molar-refractivity contribution in [3.05, 3.63) is 99.7 Å². The van der Waals surface area contributed by atoms with Gasteiger partial charge in [0.1, 0.15) is 17.3 Å². The minimum absolute atomic E-state index is 0.0316. The van der Waals surface area contributed by atoms with E-state index in [0.717, 1.165) is 16.9 Å². The minimum atomic E-state index is -0.525. The van der Waals surface area contributed by atoms with E-state index in [-0.39, 0.29) is 11.8 Å². The highest BCUT2D eigenvalue weighted by atomic mass is 35.5. The molecule has 0 radical (unpaired) electrons. The lowest BCUT2D eigenvalue weighted by atomic mass is 9.81. The van der Waals surface area contributed by atoms with Crippen molar-refractivity contribution in [1.82, 2.24) is 0 Å². The van der Waals surface area contributed by atoms with Crippen LogP contribution in [0.4, 0.5) is 0 Å². The molecule has 3 aromatic carbocycles. The van der Waals surface area contributed by atoms with E-state index < -0.39 is 5.92 Å². The summed E-state index contributed by atoms with van der Waals surface area (Å²) in [5.74, 6) is 0.644. The van der Waals surface area contributed by atoms with Gasteiger partial charge in [0, 0.05) is 23.4 Å². The summed E-state index contributed by atoms with van der Waals surface area (Å²) in [6.07, 6.45) is 1.77. The van der Waals surface area contributed by atoms with Crippen molar-refractivity contribution in [1.29, 1.82) is 5.41 Å². The van der Waals surface area contributed by atoms with E-state index in [0.29, 0.717) is 27.2 Å². The van der Waals surface area contributed by atoms with Crippen LogP contribution in [0.3, 0.4) is 0 Å². The van der Waals surface area contributed by atoms with Crippen molar-refractivity contribution in [2.45, 2.75) is 5.92 Å². The third-order valence-electron chi connectivity index (χ3n) is 5.10. The summed E-state index contributed by atoms with van der Waals surface area (Å²) >= 11 is 12.2. The first-order valence-corrected chi connectivity index (χ1v) is 10.4. The number of aliphatic imine (C=N–C) groups is 1. The highest BCUT2D eigenvalue weighted by molar-refractivity contribution is 6.42. The van der Waals surface area contributed by atoms with Crippen LogP contribution in [-0.2, 0) is 0 Å². The number of benzene rings is 3. The largest absolute Gasteiger partial charge is 0.457 e. The smallest absolute Gasteiger partial charge is 0.127 e. The molecule has 0 aliphatic carbocycles. The molecule has 1 aliphatic heterocycles. The zero-order chi connectivity index (χ0) is 22.0. The van der Waals surface area contributed by atoms with Gasteiger partial charge >= 0.3 is 0 Å². The van der Waals surface area contributed by atoms with Gasteiger partial charge in [-0.15, -0.1) is 0 Å². The predicted octanol–water partition coefficient (Wildman–Crippen LogP) is 5.83. The van der Waals surface area contributed by atoms with Crippen LogP contribution in [0.25, 0.3) is 5.70 Å². The fraction of sp³-hybridized carbons (Fsp3) is 0.0833. The molecule has 156 valence electrons. The molecule has 1 heterocycles. The normalized spacial score (nSPS) is 18.1. The van der Waals surface area contributed by atoms with Gasteiger partial charge in [-0.05, 0) is 42.0 Å². The van der Waals surface area contributed by atoms with Crippen molar-refractivity contribution >= 4 is 40.9 Å². The molecule has 31 heavy (non-hydrogen) atoms. The van der Waals surface area contributed by atoms with E-state index >= 15 is 0 Å². The number of nitrogens with two attached hydrogens (primary N) is 2. The number of ether oxygens (including phenoxy) is 1. The Balaban J connectivity index is 1.62. The van der Waals surface area contributed by atoms with Gasteiger partial charge in [-0.2, -0.15) is 0 Å². The number of amidine groups is 1. The zero-order valence-corrected chi connectivity index (χ0v) is 17.9. The molecule has 2 unspecified atom stereocenters. The monoisotopic (exact) mass is 450 g/mol. The van der Waals surface area contributed by atoms with E-state index in [1.165, 1.54) is 0 Å². The number of hydrogen-bond acceptors (Lipinski definition) is 4. The molecule has 0 amide bonds. The highest BCUT2D eigenvalue weighted by Gasteiger charge is 2.32. The third kappa shape index (κ3) is 4.43. The van der Waals surface area contributed by atoms with E-state index in [2.05, 4.69) is 4.99 Å². The Morgan fingerprint density at radius 2 is 1.58 bits per heavy atom. The molecule has 0 fully saturated rings. The van der Waals surface area contributed by atoms with E-state index in [1.54, 1.807) is 24.4 Å². The Morgan fingerprint density at radius 1 is 0.903 bits per heavy atom. The lowest BCUT2D eigenvalue weighted by molar-refractivity contribution is 0.482. The van der Waals surface area contributed by atoms with Crippen molar-refractivity contribution in [2.24, 2.45) is 22.4 Å². The van der Waals surface area contributed by atoms with Crippen LogP contribution in [0.2, 0.25) is 10.0 Å². The molecule has 0 saturated heterocycles. The number of halogens is 2. The molecular weight excluding hydrogens is 431 g/mol. The van der Waals surface area contributed by atoms with Crippen LogP contribution in [0.1, 0.15) is 17.0 Å². The summed E-state index contributed by atoms with van der Waals surface area (Å²) in [5, 5.41) is 9.00. The van der Waals surface area contributed by atoms with Crippen molar-refractivity contribution in [3.63, 3.8) is 0 Å². The molecule has 2 atom stereocenters. The molecule has 5 nitrogen and oxygen atoms in total. The van der Waals surface area contributed by atoms with Gasteiger partial charge in [0.05, 0.1) is 21.7 Å². The second-order valence-corrected chi connectivity index (χ2v) is 7.97. The summed E-state index contributed by atoms with van der Waals surface area (Å²) in [6.45, 7) is 0. The average molecular weight is 451 g/mol. The quantitative estimate of drug-likeness (QED) is 0.336. The van der Waals surface area contributed by atoms with Crippen LogP contribution < -0.4 is 16.2 Å². The van der Waals surface area contributed by atoms with Gasteiger partial charge < -0.3 is 16.2 Å². The van der Waals surface area contributed by atoms with Crippen LogP contribution in [0.5, 0.6) is 11.5 Å². The molecule has 4 rings (SSSR count). The molecule has 0 aromatic heterocycles. The zero-order valence-electron chi connectivity index (χ0n) is 16.4. The summed E-state index contributed by atoms with van der Waals surface area (Å²) in [6, 6.07) is 22.4. The van der Waals surface area contributed by atoms with E-state index in [9.17, 15) is 0 Å². The van der Waals surface area contributed by atoms with Gasteiger partial charge in [0.2, 0.25) is 0 Å². The number of nitrogens with one attached hydrogen (secondary N) is 1. The number of para-hydroxylation sites is 1. The molecule has 0 saturated carbocycles. The van der Waals surface area contributed by atoms with Crippen LogP contribution in [0.15, 0.2) is 83.5 Å². The molecule has 3 aromatic rings. The molecule has 5 N–H and O–H groups in total. The maximum Gasteiger partial charge on any atom is 0.127 e. The Bertz CT molecular complexity index is 1170. The summed E-state index contributed by atoms with van der Waals surface area (Å²) in [4.78, 5) is 4.58. The van der Waals surface area contributed by atoms with Crippen molar-refractivity contribution < 1.29 is 4.74 Å². The van der Waals surface area contributed by atoms with E-state index in [1.807, 2.05) is 54.6 Å². The first-order valence-electron chi connectivity index (χ1n) is 9.60. The van der Waals surface area contributed by atoms with Crippen molar-refractivity contribution in [3.8, 4) is 11.5 Å². The molecular formula is C24H20Cl2N4O. The number of rotatable bonds is 5. The van der Waals surface area contributed by atoms with Gasteiger partial charge in [-0.25, -0.2) is 0 Å². The van der Waals surface area contributed by atoms with Crippen molar-refractivity contribution in [2.75, 3.05) is 0 Å². The summed E-state index contributed by atoms with van der Waals surface area (Å²) < 4.78 is 5.85. The number of nitrogens with zero attached hydrogens (tertiary/aromatic N) is 1. The van der Waals surface area contributed by atoms with E-state index in [4.69, 9.17) is 44.8 Å². The van der Waals surface area contributed by atoms with Gasteiger partial charge in [0.25, 0.3) is 0 Å². The standard InChI is InChI=1S/C24H20Cl2N4O/c25-19-11-8-15(12-20(19)26)23-22(27)21(24(28)29)18(13-30-23)14-6-9-17(10-7-14)31-16-4-2-1-3-5-16/h1-13,18,21H,27H2,(H3,28,29). The Morgan fingerprint density at radius 3 is 2.23 bits per heavy atom. The Hall–Kier alpha value is -3.28. The maximum absolute atomic E-state index is 8.15. The fourth-order valence-corrected chi connectivity index (χ4v) is 3.86. The highest BCUT2D eigenvalue weighted by Crippen LogP contribution is 2.37. The Kier molecular flexibility index (Phi) is 5.98. The SMILES string of the molecule is N=C(N)C1C(N)=C(c2ccc(Cl)c(Cl)c2)N=CC1c1ccc(Oc2ccccc2)cc1. The Labute approximate surface area is 190 Å². The molecule has 7 heteroatoms. The summed E-state index contributed by atoms with van der Waals surface area (Å²) in [5.41, 5.74) is 15.0. The number of hydrogen-bond donors (Lipinski definition) is 3. The fourth-order valence-electron chi connectivity index (χ4n) is 3.56. The van der Waals surface area contributed by atoms with Gasteiger partial charge in [-0.3, -0.25) is 10.4 Å². The average Bonchev–Trinajstić information content (AvgIpc) is 2.76. The molecule has 0 spiro atoms.